The van der Waals surface area contributed by atoms with Crippen LogP contribution in [0.15, 0.2) is 89.8 Å². The minimum atomic E-state index is -4.07. The molecule has 3 aromatic carbocycles. The number of benzene rings is 3. The number of nitrogens with zero attached hydrogens (tertiary/aromatic N) is 1. The Balaban J connectivity index is 1.85. The first-order chi connectivity index (χ1) is 16.3. The number of amides is 3. The van der Waals surface area contributed by atoms with Crippen LogP contribution in [0, 0.1) is 0 Å². The summed E-state index contributed by atoms with van der Waals surface area (Å²) in [5, 5.41) is 4.16. The number of ether oxygens (including phenoxy) is 1. The van der Waals surface area contributed by atoms with Gasteiger partial charge in [0.25, 0.3) is 15.9 Å². The Morgan fingerprint density at radius 3 is 2.18 bits per heavy atom. The van der Waals surface area contributed by atoms with Gasteiger partial charge in [0.2, 0.25) is 0 Å². The fourth-order valence-corrected chi connectivity index (χ4v) is 4.51. The number of sulfonamides is 1. The molecule has 0 spiro atoms. The molecular formula is C24H23N3O6S. The summed E-state index contributed by atoms with van der Waals surface area (Å²) in [5.41, 5.74) is 1.19. The Morgan fingerprint density at radius 2 is 1.53 bits per heavy atom. The lowest BCUT2D eigenvalue weighted by Crippen LogP contribution is -2.39. The summed E-state index contributed by atoms with van der Waals surface area (Å²) in [5.74, 6) is -1.73. The monoisotopic (exact) mass is 481 g/mol. The summed E-state index contributed by atoms with van der Waals surface area (Å²) in [6.07, 6.45) is 0. The zero-order valence-electron chi connectivity index (χ0n) is 18.3. The Kier molecular flexibility index (Phi) is 7.99. The molecule has 0 radical (unpaired) electrons. The summed E-state index contributed by atoms with van der Waals surface area (Å²) in [4.78, 5) is 35.1. The van der Waals surface area contributed by atoms with Gasteiger partial charge in [0.05, 0.1) is 22.7 Å². The highest BCUT2D eigenvalue weighted by Gasteiger charge is 2.26. The zero-order valence-corrected chi connectivity index (χ0v) is 19.1. The van der Waals surface area contributed by atoms with Crippen molar-refractivity contribution >= 4 is 33.6 Å². The lowest BCUT2D eigenvalue weighted by atomic mass is 10.2. The molecule has 34 heavy (non-hydrogen) atoms. The molecule has 0 saturated heterocycles. The van der Waals surface area contributed by atoms with E-state index < -0.39 is 34.5 Å². The summed E-state index contributed by atoms with van der Waals surface area (Å²) in [6, 6.07) is 22.4. The Bertz CT molecular complexity index is 1260. The summed E-state index contributed by atoms with van der Waals surface area (Å²) >= 11 is 0. The second kappa shape index (κ2) is 11.1. The maximum Gasteiger partial charge on any atom is 0.338 e. The topological polar surface area (TPSA) is 122 Å². The van der Waals surface area contributed by atoms with Gasteiger partial charge in [0.15, 0.2) is 6.61 Å². The van der Waals surface area contributed by atoms with Crippen LogP contribution in [-0.2, 0) is 26.1 Å². The van der Waals surface area contributed by atoms with Crippen molar-refractivity contribution in [1.82, 2.24) is 10.6 Å². The Morgan fingerprint density at radius 1 is 0.882 bits per heavy atom. The van der Waals surface area contributed by atoms with Crippen molar-refractivity contribution < 1.29 is 27.5 Å². The quantitative estimate of drug-likeness (QED) is 0.477. The predicted octanol–water partition coefficient (Wildman–Crippen LogP) is 2.69. The molecule has 0 aliphatic carbocycles. The van der Waals surface area contributed by atoms with Gasteiger partial charge < -0.3 is 10.1 Å². The number of esters is 1. The van der Waals surface area contributed by atoms with Crippen LogP contribution < -0.4 is 14.9 Å². The fourth-order valence-electron chi connectivity index (χ4n) is 3.01. The summed E-state index contributed by atoms with van der Waals surface area (Å²) < 4.78 is 33.4. The Labute approximate surface area is 197 Å². The molecule has 0 aromatic heterocycles. The maximum atomic E-state index is 13.6. The molecule has 0 unspecified atom stereocenters. The van der Waals surface area contributed by atoms with E-state index >= 15 is 0 Å². The highest BCUT2D eigenvalue weighted by Crippen LogP contribution is 2.26. The lowest BCUT2D eigenvalue weighted by molar-refractivity contribution is -0.123. The summed E-state index contributed by atoms with van der Waals surface area (Å²) in [6.45, 7) is -0.616. The van der Waals surface area contributed by atoms with Gasteiger partial charge in [-0.25, -0.2) is 18.0 Å². The van der Waals surface area contributed by atoms with Crippen LogP contribution in [0.25, 0.3) is 0 Å². The van der Waals surface area contributed by atoms with E-state index in [4.69, 9.17) is 4.74 Å². The normalized spacial score (nSPS) is 10.7. The average Bonchev–Trinajstić information content (AvgIpc) is 2.86. The van der Waals surface area contributed by atoms with E-state index in [9.17, 15) is 22.8 Å². The van der Waals surface area contributed by atoms with E-state index in [0.717, 1.165) is 5.56 Å². The molecule has 0 fully saturated rings. The number of anilines is 1. The van der Waals surface area contributed by atoms with E-state index in [0.29, 0.717) is 5.69 Å². The molecule has 0 atom stereocenters. The van der Waals surface area contributed by atoms with Gasteiger partial charge in [0, 0.05) is 7.05 Å². The number of hydrogen-bond acceptors (Lipinski definition) is 6. The van der Waals surface area contributed by atoms with Crippen molar-refractivity contribution in [2.24, 2.45) is 0 Å². The third-order valence-electron chi connectivity index (χ3n) is 4.69. The second-order valence-electron chi connectivity index (χ2n) is 7.06. The first kappa shape index (κ1) is 24.5. The van der Waals surface area contributed by atoms with Crippen LogP contribution in [0.4, 0.5) is 10.5 Å². The molecule has 176 valence electrons. The van der Waals surface area contributed by atoms with E-state index in [-0.39, 0.29) is 17.0 Å². The highest BCUT2D eigenvalue weighted by atomic mass is 32.2. The molecule has 9 nitrogen and oxygen atoms in total. The molecule has 0 heterocycles. The van der Waals surface area contributed by atoms with Crippen LogP contribution in [0.3, 0.4) is 0 Å². The summed E-state index contributed by atoms with van der Waals surface area (Å²) in [7, 11) is -2.74. The van der Waals surface area contributed by atoms with Gasteiger partial charge in [-0.1, -0.05) is 54.6 Å². The minimum absolute atomic E-state index is 0.0541. The van der Waals surface area contributed by atoms with Gasteiger partial charge in [-0.2, -0.15) is 0 Å². The predicted molar refractivity (Wildman–Crippen MR) is 126 cm³/mol. The van der Waals surface area contributed by atoms with Gasteiger partial charge in [-0.3, -0.25) is 14.4 Å². The van der Waals surface area contributed by atoms with E-state index in [2.05, 4.69) is 5.32 Å². The third-order valence-corrected chi connectivity index (χ3v) is 6.46. The molecule has 10 heteroatoms. The molecule has 0 saturated carbocycles. The molecule has 3 rings (SSSR count). The average molecular weight is 482 g/mol. The number of hydrogen-bond donors (Lipinski definition) is 2. The number of urea groups is 1. The second-order valence-corrected chi connectivity index (χ2v) is 8.93. The van der Waals surface area contributed by atoms with Gasteiger partial charge >= 0.3 is 12.0 Å². The minimum Gasteiger partial charge on any atom is -0.452 e. The van der Waals surface area contributed by atoms with Gasteiger partial charge in [-0.15, -0.1) is 0 Å². The van der Waals surface area contributed by atoms with E-state index in [1.54, 1.807) is 30.3 Å². The van der Waals surface area contributed by atoms with Gasteiger partial charge in [0.1, 0.15) is 0 Å². The first-order valence-electron chi connectivity index (χ1n) is 10.2. The van der Waals surface area contributed by atoms with Gasteiger partial charge in [-0.05, 0) is 35.9 Å². The molecule has 2 N–H and O–H groups in total. The third kappa shape index (κ3) is 6.20. The molecule has 0 bridgehead atoms. The molecule has 3 amide bonds. The van der Waals surface area contributed by atoms with Crippen molar-refractivity contribution in [3.63, 3.8) is 0 Å². The van der Waals surface area contributed by atoms with Crippen LogP contribution in [0.2, 0.25) is 0 Å². The smallest absolute Gasteiger partial charge is 0.338 e. The van der Waals surface area contributed by atoms with E-state index in [1.807, 2.05) is 35.6 Å². The number of rotatable bonds is 8. The maximum absolute atomic E-state index is 13.6. The van der Waals surface area contributed by atoms with Crippen molar-refractivity contribution in [3.8, 4) is 0 Å². The molecule has 3 aromatic rings. The Hall–Kier alpha value is -4.18. The number of nitrogens with one attached hydrogen (secondary N) is 2. The number of imide groups is 1. The van der Waals surface area contributed by atoms with E-state index in [1.165, 1.54) is 35.6 Å². The SMILES string of the molecule is CNC(=O)NC(=O)COC(=O)c1cccc(S(=O)(=O)N(Cc2ccccc2)c2ccccc2)c1. The van der Waals surface area contributed by atoms with Crippen LogP contribution in [0.1, 0.15) is 15.9 Å². The molecular weight excluding hydrogens is 458 g/mol. The largest absolute Gasteiger partial charge is 0.452 e. The lowest BCUT2D eigenvalue weighted by Gasteiger charge is -2.25. The fraction of sp³-hybridized carbons (Fsp3) is 0.125. The van der Waals surface area contributed by atoms with Crippen molar-refractivity contribution in [1.29, 1.82) is 0 Å². The highest BCUT2D eigenvalue weighted by molar-refractivity contribution is 7.92. The van der Waals surface area contributed by atoms with Crippen LogP contribution in [0.5, 0.6) is 0 Å². The number of carbonyl (C=O) groups is 3. The van der Waals surface area contributed by atoms with Crippen molar-refractivity contribution in [2.75, 3.05) is 18.0 Å². The standard InChI is InChI=1S/C24H23N3O6S/c1-25-24(30)26-22(28)17-33-23(29)19-11-8-14-21(15-19)34(31,32)27(20-12-6-3-7-13-20)16-18-9-4-2-5-10-18/h2-15H,16-17H2,1H3,(H2,25,26,28,30). The molecule has 0 aliphatic heterocycles. The van der Waals surface area contributed by atoms with Crippen molar-refractivity contribution in [2.45, 2.75) is 11.4 Å². The number of para-hydroxylation sites is 1. The van der Waals surface area contributed by atoms with Crippen molar-refractivity contribution in [3.05, 3.63) is 96.1 Å². The molecule has 0 aliphatic rings. The zero-order chi connectivity index (χ0) is 24.6. The van der Waals surface area contributed by atoms with Crippen LogP contribution >= 0.6 is 0 Å². The first-order valence-corrected chi connectivity index (χ1v) is 11.7. The van der Waals surface area contributed by atoms with Crippen LogP contribution in [-0.4, -0.2) is 40.0 Å². The number of carbonyl (C=O) groups excluding carboxylic acids is 3.